The van der Waals surface area contributed by atoms with E-state index in [1.807, 2.05) is 12.4 Å². The fourth-order valence-corrected chi connectivity index (χ4v) is 1.21. The van der Waals surface area contributed by atoms with Gasteiger partial charge in [0.1, 0.15) is 0 Å². The summed E-state index contributed by atoms with van der Waals surface area (Å²) in [7, 11) is 0. The number of nitrogens with one attached hydrogen (secondary N) is 1. The number of fused-ring (bicyclic) bond motifs is 1. The maximum Gasteiger partial charge on any atom is 0.0856 e. The molecule has 2 heteroatoms. The van der Waals surface area contributed by atoms with Crippen LogP contribution < -0.4 is 15.9 Å². The lowest BCUT2D eigenvalue weighted by Crippen LogP contribution is -2.35. The molecule has 1 aliphatic rings. The first kappa shape index (κ1) is 6.40. The lowest BCUT2D eigenvalue weighted by Gasteiger charge is -2.01. The molecule has 0 unspecified atom stereocenters. The first-order chi connectivity index (χ1) is 5.36. The summed E-state index contributed by atoms with van der Waals surface area (Å²) in [6, 6.07) is 2.15. The SMILES string of the molecule is Cc1cnc2c(c1)=CCNC=2. The molecule has 2 heterocycles. The van der Waals surface area contributed by atoms with E-state index in [9.17, 15) is 0 Å². The summed E-state index contributed by atoms with van der Waals surface area (Å²) in [5.74, 6) is 0. The Balaban J connectivity index is 2.80. The molecular weight excluding hydrogens is 136 g/mol. The monoisotopic (exact) mass is 146 g/mol. The Morgan fingerprint density at radius 1 is 1.55 bits per heavy atom. The van der Waals surface area contributed by atoms with Crippen molar-refractivity contribution in [2.75, 3.05) is 6.54 Å². The van der Waals surface area contributed by atoms with Crippen molar-refractivity contribution in [3.8, 4) is 0 Å². The van der Waals surface area contributed by atoms with E-state index < -0.39 is 0 Å². The van der Waals surface area contributed by atoms with Gasteiger partial charge in [-0.15, -0.1) is 0 Å². The van der Waals surface area contributed by atoms with Crippen LogP contribution in [0, 0.1) is 6.92 Å². The third-order valence-electron chi connectivity index (χ3n) is 1.76. The number of rotatable bonds is 0. The van der Waals surface area contributed by atoms with Crippen LogP contribution in [-0.2, 0) is 0 Å². The predicted octanol–water partition coefficient (Wildman–Crippen LogP) is -0.488. The van der Waals surface area contributed by atoms with Crippen LogP contribution in [0.5, 0.6) is 0 Å². The lowest BCUT2D eigenvalue weighted by atomic mass is 10.2. The molecule has 0 saturated carbocycles. The maximum absolute atomic E-state index is 4.27. The van der Waals surface area contributed by atoms with Gasteiger partial charge in [-0.1, -0.05) is 6.08 Å². The highest BCUT2D eigenvalue weighted by atomic mass is 14.8. The largest absolute Gasteiger partial charge is 0.386 e. The van der Waals surface area contributed by atoms with Gasteiger partial charge in [-0.05, 0) is 23.8 Å². The van der Waals surface area contributed by atoms with Crippen LogP contribution in [0.1, 0.15) is 5.56 Å². The van der Waals surface area contributed by atoms with Gasteiger partial charge in [0.2, 0.25) is 0 Å². The van der Waals surface area contributed by atoms with E-state index in [1.54, 1.807) is 0 Å². The van der Waals surface area contributed by atoms with Gasteiger partial charge in [-0.3, -0.25) is 4.98 Å². The van der Waals surface area contributed by atoms with Crippen LogP contribution in [0.3, 0.4) is 0 Å². The Bertz CT molecular complexity index is 379. The fraction of sp³-hybridized carbons (Fsp3) is 0.222. The second kappa shape index (κ2) is 2.38. The lowest BCUT2D eigenvalue weighted by molar-refractivity contribution is 1.02. The first-order valence-corrected chi connectivity index (χ1v) is 3.73. The molecule has 0 fully saturated rings. The second-order valence-corrected chi connectivity index (χ2v) is 2.74. The van der Waals surface area contributed by atoms with Gasteiger partial charge in [-0.25, -0.2) is 0 Å². The Morgan fingerprint density at radius 3 is 3.36 bits per heavy atom. The molecule has 0 aromatic carbocycles. The van der Waals surface area contributed by atoms with Crippen LogP contribution in [0.15, 0.2) is 12.3 Å². The highest BCUT2D eigenvalue weighted by Gasteiger charge is 1.92. The van der Waals surface area contributed by atoms with Gasteiger partial charge in [0.05, 0.1) is 5.35 Å². The molecule has 0 saturated heterocycles. The summed E-state index contributed by atoms with van der Waals surface area (Å²) in [4.78, 5) is 4.27. The van der Waals surface area contributed by atoms with Crippen molar-refractivity contribution in [2.45, 2.75) is 6.92 Å². The smallest absolute Gasteiger partial charge is 0.0856 e. The summed E-state index contributed by atoms with van der Waals surface area (Å²) >= 11 is 0. The second-order valence-electron chi connectivity index (χ2n) is 2.74. The third-order valence-corrected chi connectivity index (χ3v) is 1.76. The molecular formula is C9H10N2. The third kappa shape index (κ3) is 1.11. The van der Waals surface area contributed by atoms with Crippen LogP contribution in [0.4, 0.5) is 0 Å². The van der Waals surface area contributed by atoms with Crippen LogP contribution in [0.2, 0.25) is 0 Å². The van der Waals surface area contributed by atoms with E-state index in [1.165, 1.54) is 10.8 Å². The summed E-state index contributed by atoms with van der Waals surface area (Å²) in [5, 5.41) is 5.40. The molecule has 2 rings (SSSR count). The molecule has 2 nitrogen and oxygen atoms in total. The molecule has 0 spiro atoms. The van der Waals surface area contributed by atoms with Crippen molar-refractivity contribution in [3.05, 3.63) is 28.4 Å². The molecule has 1 N–H and O–H groups in total. The van der Waals surface area contributed by atoms with Crippen molar-refractivity contribution in [1.82, 2.24) is 10.3 Å². The Hall–Kier alpha value is -1.31. The Kier molecular flexibility index (Phi) is 1.39. The zero-order valence-electron chi connectivity index (χ0n) is 6.46. The summed E-state index contributed by atoms with van der Waals surface area (Å²) in [5.41, 5.74) is 1.22. The zero-order valence-corrected chi connectivity index (χ0v) is 6.46. The van der Waals surface area contributed by atoms with Gasteiger partial charge >= 0.3 is 0 Å². The highest BCUT2D eigenvalue weighted by molar-refractivity contribution is 5.36. The summed E-state index contributed by atoms with van der Waals surface area (Å²) in [6.07, 6.45) is 5.99. The van der Waals surface area contributed by atoms with E-state index in [4.69, 9.17) is 0 Å². The average Bonchev–Trinajstić information content (AvgIpc) is 2.04. The predicted molar refractivity (Wildman–Crippen MR) is 45.2 cm³/mol. The van der Waals surface area contributed by atoms with Crippen LogP contribution in [0.25, 0.3) is 12.3 Å². The van der Waals surface area contributed by atoms with Crippen molar-refractivity contribution >= 4 is 12.3 Å². The van der Waals surface area contributed by atoms with Crippen molar-refractivity contribution in [3.63, 3.8) is 0 Å². The minimum atomic E-state index is 0.915. The Labute approximate surface area is 65.3 Å². The van der Waals surface area contributed by atoms with Crippen LogP contribution >= 0.6 is 0 Å². The number of hydrogen-bond acceptors (Lipinski definition) is 2. The number of nitrogens with zero attached hydrogens (tertiary/aromatic N) is 1. The fourth-order valence-electron chi connectivity index (χ4n) is 1.21. The molecule has 1 aliphatic heterocycles. The first-order valence-electron chi connectivity index (χ1n) is 3.73. The van der Waals surface area contributed by atoms with Crippen molar-refractivity contribution < 1.29 is 0 Å². The van der Waals surface area contributed by atoms with E-state index in [2.05, 4.69) is 29.4 Å². The van der Waals surface area contributed by atoms with Gasteiger partial charge in [0, 0.05) is 18.9 Å². The van der Waals surface area contributed by atoms with Gasteiger partial charge in [0.15, 0.2) is 0 Å². The van der Waals surface area contributed by atoms with Crippen LogP contribution in [-0.4, -0.2) is 11.5 Å². The van der Waals surface area contributed by atoms with Crippen molar-refractivity contribution in [2.24, 2.45) is 0 Å². The topological polar surface area (TPSA) is 24.9 Å². The molecule has 1 aromatic rings. The van der Waals surface area contributed by atoms with E-state index in [0.717, 1.165) is 11.9 Å². The number of hydrogen-bond donors (Lipinski definition) is 1. The highest BCUT2D eigenvalue weighted by Crippen LogP contribution is 1.83. The molecule has 56 valence electrons. The van der Waals surface area contributed by atoms with Crippen molar-refractivity contribution in [1.29, 1.82) is 0 Å². The normalized spacial score (nSPS) is 13.9. The van der Waals surface area contributed by atoms with Gasteiger partial charge in [-0.2, -0.15) is 0 Å². The molecule has 0 atom stereocenters. The van der Waals surface area contributed by atoms with E-state index in [-0.39, 0.29) is 0 Å². The molecule has 0 bridgehead atoms. The molecule has 11 heavy (non-hydrogen) atoms. The van der Waals surface area contributed by atoms with E-state index in [0.29, 0.717) is 0 Å². The Morgan fingerprint density at radius 2 is 2.45 bits per heavy atom. The quantitative estimate of drug-likeness (QED) is 0.534. The molecule has 0 amide bonds. The average molecular weight is 146 g/mol. The molecule has 0 radical (unpaired) electrons. The molecule has 1 aromatic heterocycles. The summed E-state index contributed by atoms with van der Waals surface area (Å²) < 4.78 is 0. The minimum Gasteiger partial charge on any atom is -0.386 e. The standard InChI is InChI=1S/C9H10N2/c1-7-4-8-2-3-10-6-9(8)11-5-7/h2,4-6,10H,3H2,1H3. The van der Waals surface area contributed by atoms with E-state index >= 15 is 0 Å². The minimum absolute atomic E-state index is 0.915. The number of aromatic nitrogens is 1. The summed E-state index contributed by atoms with van der Waals surface area (Å²) in [6.45, 7) is 2.97. The number of pyridine rings is 1. The maximum atomic E-state index is 4.27. The van der Waals surface area contributed by atoms with Gasteiger partial charge < -0.3 is 5.32 Å². The molecule has 0 aliphatic carbocycles. The van der Waals surface area contributed by atoms with Gasteiger partial charge in [0.25, 0.3) is 0 Å². The zero-order chi connectivity index (χ0) is 7.68. The number of aryl methyl sites for hydroxylation is 1.